The van der Waals surface area contributed by atoms with E-state index in [4.69, 9.17) is 4.98 Å². The number of nitrogens with zero attached hydrogens (tertiary/aromatic N) is 1. The van der Waals surface area contributed by atoms with Crippen molar-refractivity contribution in [1.29, 1.82) is 0 Å². The second-order valence-electron chi connectivity index (χ2n) is 4.46. The van der Waals surface area contributed by atoms with Crippen LogP contribution in [-0.2, 0) is 13.0 Å². The van der Waals surface area contributed by atoms with Crippen LogP contribution in [0.2, 0.25) is 0 Å². The second-order valence-corrected chi connectivity index (χ2v) is 8.17. The lowest BCUT2D eigenvalue weighted by atomic mass is 10.2. The molecule has 2 aliphatic heterocycles. The van der Waals surface area contributed by atoms with Crippen molar-refractivity contribution in [2.45, 2.75) is 36.8 Å². The maximum absolute atomic E-state index is 4.92. The van der Waals surface area contributed by atoms with E-state index in [1.807, 2.05) is 11.3 Å². The van der Waals surface area contributed by atoms with Crippen LogP contribution in [0.5, 0.6) is 0 Å². The minimum Gasteiger partial charge on any atom is -0.311 e. The fourth-order valence-corrected chi connectivity index (χ4v) is 6.90. The van der Waals surface area contributed by atoms with Crippen molar-refractivity contribution >= 4 is 34.9 Å². The van der Waals surface area contributed by atoms with Gasteiger partial charge in [-0.15, -0.1) is 23.1 Å². The summed E-state index contributed by atoms with van der Waals surface area (Å²) in [4.78, 5) is 6.40. The summed E-state index contributed by atoms with van der Waals surface area (Å²) in [6.07, 6.45) is 2.39. The van der Waals surface area contributed by atoms with Crippen molar-refractivity contribution < 1.29 is 0 Å². The number of thioether (sulfide) groups is 2. The monoisotopic (exact) mass is 286 g/mol. The predicted octanol–water partition coefficient (Wildman–Crippen LogP) is 3.09. The number of fused-ring (bicyclic) bond motifs is 1. The van der Waals surface area contributed by atoms with Crippen molar-refractivity contribution in [3.8, 4) is 0 Å². The zero-order valence-corrected chi connectivity index (χ0v) is 12.5. The Morgan fingerprint density at radius 2 is 2.24 bits per heavy atom. The molecule has 5 heteroatoms. The molecule has 1 N–H and O–H groups in total. The van der Waals surface area contributed by atoms with E-state index in [0.29, 0.717) is 5.25 Å². The second kappa shape index (κ2) is 5.51. The van der Waals surface area contributed by atoms with Gasteiger partial charge in [-0.3, -0.25) is 0 Å². The molecule has 1 saturated heterocycles. The van der Waals surface area contributed by atoms with Crippen LogP contribution in [0.3, 0.4) is 0 Å². The van der Waals surface area contributed by atoms with E-state index >= 15 is 0 Å². The maximum Gasteiger partial charge on any atom is 0.107 e. The summed E-state index contributed by atoms with van der Waals surface area (Å²) >= 11 is 6.21. The molecule has 0 bridgehead atoms. The minimum atomic E-state index is 0.648. The van der Waals surface area contributed by atoms with Crippen LogP contribution in [0.25, 0.3) is 0 Å². The van der Waals surface area contributed by atoms with Gasteiger partial charge in [0.25, 0.3) is 0 Å². The predicted molar refractivity (Wildman–Crippen MR) is 79.3 cm³/mol. The van der Waals surface area contributed by atoms with Crippen LogP contribution in [-0.4, -0.2) is 28.3 Å². The number of rotatable bonds is 2. The van der Waals surface area contributed by atoms with Crippen molar-refractivity contribution in [1.82, 2.24) is 10.3 Å². The van der Waals surface area contributed by atoms with Gasteiger partial charge in [-0.05, 0) is 6.42 Å². The lowest BCUT2D eigenvalue weighted by molar-refractivity contribution is 0.642. The summed E-state index contributed by atoms with van der Waals surface area (Å²) in [6, 6.07) is 0. The van der Waals surface area contributed by atoms with Gasteiger partial charge < -0.3 is 5.32 Å². The van der Waals surface area contributed by atoms with Gasteiger partial charge in [-0.25, -0.2) is 4.98 Å². The molecule has 0 aliphatic carbocycles. The molecule has 1 aromatic rings. The van der Waals surface area contributed by atoms with Crippen LogP contribution in [0, 0.1) is 0 Å². The van der Waals surface area contributed by atoms with E-state index in [9.17, 15) is 0 Å². The summed E-state index contributed by atoms with van der Waals surface area (Å²) < 4.78 is 0. The zero-order valence-electron chi connectivity index (χ0n) is 10.1. The van der Waals surface area contributed by atoms with E-state index in [-0.39, 0.29) is 0 Å². The van der Waals surface area contributed by atoms with Crippen LogP contribution >= 0.6 is 34.9 Å². The molecular weight excluding hydrogens is 268 g/mol. The van der Waals surface area contributed by atoms with Gasteiger partial charge in [0.1, 0.15) is 5.01 Å². The molecule has 0 aromatic carbocycles. The van der Waals surface area contributed by atoms with E-state index in [1.165, 1.54) is 33.5 Å². The third kappa shape index (κ3) is 2.53. The Bertz CT molecular complexity index is 368. The van der Waals surface area contributed by atoms with Crippen molar-refractivity contribution in [3.63, 3.8) is 0 Å². The number of hydrogen-bond acceptors (Lipinski definition) is 5. The average molecular weight is 286 g/mol. The number of nitrogens with one attached hydrogen (secondary N) is 1. The number of hydrogen-bond donors (Lipinski definition) is 1. The molecule has 0 radical (unpaired) electrons. The highest BCUT2D eigenvalue weighted by Crippen LogP contribution is 2.45. The third-order valence-corrected chi connectivity index (χ3v) is 7.90. The molecule has 1 fully saturated rings. The molecule has 94 valence electrons. The minimum absolute atomic E-state index is 0.648. The molecule has 17 heavy (non-hydrogen) atoms. The molecule has 0 spiro atoms. The highest BCUT2D eigenvalue weighted by Gasteiger charge is 2.30. The Morgan fingerprint density at radius 3 is 3.06 bits per heavy atom. The summed E-state index contributed by atoms with van der Waals surface area (Å²) in [5, 5.41) is 6.25. The van der Waals surface area contributed by atoms with Gasteiger partial charge >= 0.3 is 0 Å². The fourth-order valence-electron chi connectivity index (χ4n) is 2.40. The topological polar surface area (TPSA) is 24.9 Å². The summed E-state index contributed by atoms with van der Waals surface area (Å²) in [5.74, 6) is 2.60. The number of aromatic nitrogens is 1. The molecule has 2 nitrogen and oxygen atoms in total. The largest absolute Gasteiger partial charge is 0.311 e. The fraction of sp³-hybridized carbons (Fsp3) is 0.750. The van der Waals surface area contributed by atoms with Crippen LogP contribution in [0.15, 0.2) is 0 Å². The molecule has 0 amide bonds. The van der Waals surface area contributed by atoms with E-state index < -0.39 is 0 Å². The first-order valence-corrected chi connectivity index (χ1v) is 9.22. The maximum atomic E-state index is 4.92. The Labute approximate surface area is 115 Å². The Morgan fingerprint density at radius 1 is 1.35 bits per heavy atom. The molecule has 2 atom stereocenters. The first-order chi connectivity index (χ1) is 8.38. The molecule has 0 saturated carbocycles. The molecular formula is C12H18N2S3. The third-order valence-electron chi connectivity index (χ3n) is 3.32. The van der Waals surface area contributed by atoms with Gasteiger partial charge in [0.2, 0.25) is 0 Å². The normalized spacial score (nSPS) is 29.0. The van der Waals surface area contributed by atoms with Gasteiger partial charge in [0, 0.05) is 41.1 Å². The van der Waals surface area contributed by atoms with Crippen molar-refractivity contribution in [3.05, 3.63) is 15.6 Å². The Kier molecular flexibility index (Phi) is 4.00. The van der Waals surface area contributed by atoms with Crippen molar-refractivity contribution in [2.24, 2.45) is 0 Å². The smallest absolute Gasteiger partial charge is 0.107 e. The lowest BCUT2D eigenvalue weighted by Gasteiger charge is -2.28. The van der Waals surface area contributed by atoms with Gasteiger partial charge in [-0.2, -0.15) is 11.8 Å². The lowest BCUT2D eigenvalue weighted by Crippen LogP contribution is -2.22. The molecule has 3 rings (SSSR count). The molecule has 2 aliphatic rings. The highest BCUT2D eigenvalue weighted by molar-refractivity contribution is 8.06. The van der Waals surface area contributed by atoms with Gasteiger partial charge in [-0.1, -0.05) is 6.92 Å². The van der Waals surface area contributed by atoms with E-state index in [2.05, 4.69) is 35.8 Å². The summed E-state index contributed by atoms with van der Waals surface area (Å²) in [6.45, 7) is 4.44. The standard InChI is InChI=1S/C12H18N2S3/c1-2-9-11(16-6-5-15-9)12-14-8-3-4-13-7-10(8)17-12/h9,11,13H,2-7H2,1H3. The Balaban J connectivity index is 1.84. The van der Waals surface area contributed by atoms with Gasteiger partial charge in [0.05, 0.1) is 10.9 Å². The average Bonchev–Trinajstić information content (AvgIpc) is 2.82. The van der Waals surface area contributed by atoms with Crippen molar-refractivity contribution in [2.75, 3.05) is 18.1 Å². The van der Waals surface area contributed by atoms with Crippen LogP contribution in [0.1, 0.15) is 34.2 Å². The zero-order chi connectivity index (χ0) is 11.7. The quantitative estimate of drug-likeness (QED) is 0.903. The molecule has 2 unspecified atom stereocenters. The molecule has 1 aromatic heterocycles. The van der Waals surface area contributed by atoms with E-state index in [1.54, 1.807) is 0 Å². The van der Waals surface area contributed by atoms with Gasteiger partial charge in [0.15, 0.2) is 0 Å². The Hall–Kier alpha value is 0.290. The van der Waals surface area contributed by atoms with Crippen LogP contribution < -0.4 is 5.32 Å². The highest BCUT2D eigenvalue weighted by atomic mass is 32.2. The summed E-state index contributed by atoms with van der Waals surface area (Å²) in [5.41, 5.74) is 1.37. The molecule has 3 heterocycles. The summed E-state index contributed by atoms with van der Waals surface area (Å²) in [7, 11) is 0. The SMILES string of the molecule is CCC1SCCSC1c1nc2c(s1)CNCC2. The first kappa shape index (κ1) is 12.3. The van der Waals surface area contributed by atoms with Crippen LogP contribution in [0.4, 0.5) is 0 Å². The number of thiazole rings is 1. The van der Waals surface area contributed by atoms with E-state index in [0.717, 1.165) is 24.8 Å². The first-order valence-electron chi connectivity index (χ1n) is 6.31.